The zero-order valence-corrected chi connectivity index (χ0v) is 7.66. The van der Waals surface area contributed by atoms with E-state index in [9.17, 15) is 4.39 Å². The monoisotopic (exact) mass is 180 g/mol. The van der Waals surface area contributed by atoms with E-state index in [1.165, 1.54) is 6.08 Å². The molecular weight excluding hydrogens is 167 g/mol. The molecule has 0 N–H and O–H groups in total. The van der Waals surface area contributed by atoms with Crippen molar-refractivity contribution in [2.24, 2.45) is 0 Å². The molecule has 0 unspecified atom stereocenters. The van der Waals surface area contributed by atoms with Gasteiger partial charge < -0.3 is 4.74 Å². The molecule has 0 saturated heterocycles. The largest absolute Gasteiger partial charge is 0.375 e. The first-order chi connectivity index (χ1) is 6.33. The molecule has 1 aromatic carbocycles. The standard InChI is InChI=1S/C11H13FO/c1-2-13-9-11(12)8-10-6-4-3-5-7-10/h3-8H,2,9H2,1H3/b11-8-. The summed E-state index contributed by atoms with van der Waals surface area (Å²) >= 11 is 0. The number of ether oxygens (including phenoxy) is 1. The maximum atomic E-state index is 13.0. The molecule has 0 amide bonds. The van der Waals surface area contributed by atoms with E-state index in [0.717, 1.165) is 5.56 Å². The van der Waals surface area contributed by atoms with Crippen molar-refractivity contribution in [1.82, 2.24) is 0 Å². The minimum absolute atomic E-state index is 0.0609. The van der Waals surface area contributed by atoms with Crippen molar-refractivity contribution in [3.8, 4) is 0 Å². The van der Waals surface area contributed by atoms with Gasteiger partial charge in [0.25, 0.3) is 0 Å². The molecule has 2 heteroatoms. The van der Waals surface area contributed by atoms with E-state index in [1.54, 1.807) is 0 Å². The van der Waals surface area contributed by atoms with Crippen molar-refractivity contribution in [2.45, 2.75) is 6.92 Å². The fourth-order valence-corrected chi connectivity index (χ4v) is 0.971. The zero-order valence-electron chi connectivity index (χ0n) is 7.66. The highest BCUT2D eigenvalue weighted by Crippen LogP contribution is 2.07. The first-order valence-corrected chi connectivity index (χ1v) is 4.32. The van der Waals surface area contributed by atoms with Crippen LogP contribution in [-0.2, 0) is 4.74 Å². The molecule has 0 aliphatic carbocycles. The predicted octanol–water partition coefficient (Wildman–Crippen LogP) is 3.03. The second-order valence-corrected chi connectivity index (χ2v) is 2.64. The van der Waals surface area contributed by atoms with Gasteiger partial charge in [0.2, 0.25) is 0 Å². The number of hydrogen-bond acceptors (Lipinski definition) is 1. The summed E-state index contributed by atoms with van der Waals surface area (Å²) in [5, 5.41) is 0. The molecule has 0 fully saturated rings. The summed E-state index contributed by atoms with van der Waals surface area (Å²) in [6, 6.07) is 9.36. The van der Waals surface area contributed by atoms with Gasteiger partial charge in [-0.2, -0.15) is 0 Å². The highest BCUT2D eigenvalue weighted by molar-refractivity contribution is 5.50. The molecule has 0 spiro atoms. The smallest absolute Gasteiger partial charge is 0.126 e. The lowest BCUT2D eigenvalue weighted by Gasteiger charge is -1.97. The summed E-state index contributed by atoms with van der Waals surface area (Å²) < 4.78 is 17.9. The molecule has 1 aromatic rings. The molecule has 1 nitrogen and oxygen atoms in total. The van der Waals surface area contributed by atoms with Gasteiger partial charge in [0.1, 0.15) is 5.83 Å². The van der Waals surface area contributed by atoms with Gasteiger partial charge in [-0.1, -0.05) is 30.3 Å². The fraction of sp³-hybridized carbons (Fsp3) is 0.273. The van der Waals surface area contributed by atoms with Crippen LogP contribution in [-0.4, -0.2) is 13.2 Å². The average Bonchev–Trinajstić information content (AvgIpc) is 2.16. The lowest BCUT2D eigenvalue weighted by Crippen LogP contribution is -1.93. The Morgan fingerprint density at radius 1 is 1.38 bits per heavy atom. The zero-order chi connectivity index (χ0) is 9.52. The first kappa shape index (κ1) is 9.93. The van der Waals surface area contributed by atoms with Crippen molar-refractivity contribution in [3.63, 3.8) is 0 Å². The summed E-state index contributed by atoms with van der Waals surface area (Å²) in [5.74, 6) is -0.243. The molecule has 0 aliphatic heterocycles. The molecule has 0 aliphatic rings. The minimum Gasteiger partial charge on any atom is -0.375 e. The van der Waals surface area contributed by atoms with Crippen LogP contribution in [0.5, 0.6) is 0 Å². The summed E-state index contributed by atoms with van der Waals surface area (Å²) in [6.07, 6.45) is 1.48. The lowest BCUT2D eigenvalue weighted by atomic mass is 10.2. The van der Waals surface area contributed by atoms with E-state index in [0.29, 0.717) is 6.61 Å². The van der Waals surface area contributed by atoms with Crippen LogP contribution in [0.4, 0.5) is 4.39 Å². The Bertz CT molecular complexity index is 267. The number of rotatable bonds is 4. The third-order valence-electron chi connectivity index (χ3n) is 1.57. The Hall–Kier alpha value is -1.15. The molecule has 0 atom stereocenters. The summed E-state index contributed by atoms with van der Waals surface area (Å²) in [7, 11) is 0. The molecule has 0 aromatic heterocycles. The quantitative estimate of drug-likeness (QED) is 0.692. The number of hydrogen-bond donors (Lipinski definition) is 0. The van der Waals surface area contributed by atoms with Crippen molar-refractivity contribution in [2.75, 3.05) is 13.2 Å². The molecular formula is C11H13FO. The molecule has 70 valence electrons. The molecule has 1 rings (SSSR count). The van der Waals surface area contributed by atoms with Crippen LogP contribution in [0.1, 0.15) is 12.5 Å². The van der Waals surface area contributed by atoms with Crippen LogP contribution in [0.15, 0.2) is 36.2 Å². The summed E-state index contributed by atoms with van der Waals surface area (Å²) in [4.78, 5) is 0. The molecule has 13 heavy (non-hydrogen) atoms. The van der Waals surface area contributed by atoms with Crippen LogP contribution < -0.4 is 0 Å². The SMILES string of the molecule is CCOC/C(F)=C/c1ccccc1. The first-order valence-electron chi connectivity index (χ1n) is 4.32. The predicted molar refractivity (Wildman–Crippen MR) is 52.0 cm³/mol. The topological polar surface area (TPSA) is 9.23 Å². The second kappa shape index (κ2) is 5.49. The number of halogens is 1. The molecule has 0 radical (unpaired) electrons. The van der Waals surface area contributed by atoms with Gasteiger partial charge in [-0.15, -0.1) is 0 Å². The van der Waals surface area contributed by atoms with Gasteiger partial charge >= 0.3 is 0 Å². The molecule has 0 bridgehead atoms. The Morgan fingerprint density at radius 2 is 2.08 bits per heavy atom. The lowest BCUT2D eigenvalue weighted by molar-refractivity contribution is 0.157. The van der Waals surface area contributed by atoms with E-state index in [4.69, 9.17) is 4.74 Å². The van der Waals surface area contributed by atoms with Crippen LogP contribution in [0.3, 0.4) is 0 Å². The van der Waals surface area contributed by atoms with Gasteiger partial charge in [-0.3, -0.25) is 0 Å². The van der Waals surface area contributed by atoms with E-state index in [-0.39, 0.29) is 12.4 Å². The van der Waals surface area contributed by atoms with Crippen LogP contribution in [0, 0.1) is 0 Å². The van der Waals surface area contributed by atoms with Crippen molar-refractivity contribution in [3.05, 3.63) is 41.7 Å². The molecule has 0 saturated carbocycles. The van der Waals surface area contributed by atoms with E-state index in [1.807, 2.05) is 37.3 Å². The van der Waals surface area contributed by atoms with Gasteiger partial charge in [0.15, 0.2) is 0 Å². The Kier molecular flexibility index (Phi) is 4.19. The second-order valence-electron chi connectivity index (χ2n) is 2.64. The van der Waals surface area contributed by atoms with Gasteiger partial charge in [0, 0.05) is 6.61 Å². The highest BCUT2D eigenvalue weighted by atomic mass is 19.1. The number of benzene rings is 1. The normalized spacial score (nSPS) is 11.7. The van der Waals surface area contributed by atoms with E-state index >= 15 is 0 Å². The highest BCUT2D eigenvalue weighted by Gasteiger charge is 1.94. The van der Waals surface area contributed by atoms with Gasteiger partial charge in [0.05, 0.1) is 6.61 Å². The third kappa shape index (κ3) is 3.85. The fourth-order valence-electron chi connectivity index (χ4n) is 0.971. The maximum absolute atomic E-state index is 13.0. The third-order valence-corrected chi connectivity index (χ3v) is 1.57. The summed E-state index contributed by atoms with van der Waals surface area (Å²) in [6.45, 7) is 2.44. The van der Waals surface area contributed by atoms with Crippen molar-refractivity contribution >= 4 is 6.08 Å². The average molecular weight is 180 g/mol. The van der Waals surface area contributed by atoms with Gasteiger partial charge in [-0.25, -0.2) is 4.39 Å². The maximum Gasteiger partial charge on any atom is 0.126 e. The van der Waals surface area contributed by atoms with Gasteiger partial charge in [-0.05, 0) is 18.6 Å². The molecule has 0 heterocycles. The van der Waals surface area contributed by atoms with E-state index in [2.05, 4.69) is 0 Å². The van der Waals surface area contributed by atoms with E-state index < -0.39 is 0 Å². The van der Waals surface area contributed by atoms with Crippen molar-refractivity contribution in [1.29, 1.82) is 0 Å². The summed E-state index contributed by atoms with van der Waals surface area (Å²) in [5.41, 5.74) is 0.861. The van der Waals surface area contributed by atoms with Crippen LogP contribution >= 0.6 is 0 Å². The van der Waals surface area contributed by atoms with Crippen LogP contribution in [0.2, 0.25) is 0 Å². The Balaban J connectivity index is 2.55. The minimum atomic E-state index is -0.243. The van der Waals surface area contributed by atoms with Crippen LogP contribution in [0.25, 0.3) is 6.08 Å². The Labute approximate surface area is 77.8 Å². The Morgan fingerprint density at radius 3 is 2.69 bits per heavy atom. The van der Waals surface area contributed by atoms with Crippen molar-refractivity contribution < 1.29 is 9.13 Å².